The summed E-state index contributed by atoms with van der Waals surface area (Å²) in [4.78, 5) is 1.75. The molecule has 2 aromatic carbocycles. The largest absolute Gasteiger partial charge is 0.495 e. The zero-order chi connectivity index (χ0) is 14.3. The first-order valence-electron chi connectivity index (χ1n) is 6.29. The van der Waals surface area contributed by atoms with Gasteiger partial charge >= 0.3 is 0 Å². The third-order valence-corrected chi connectivity index (χ3v) is 3.53. The molecule has 1 heterocycles. The quantitative estimate of drug-likeness (QED) is 0.856. The zero-order valence-corrected chi connectivity index (χ0v) is 11.0. The Balaban J connectivity index is 2.10. The Morgan fingerprint density at radius 1 is 1.15 bits per heavy atom. The van der Waals surface area contributed by atoms with E-state index in [2.05, 4.69) is 0 Å². The van der Waals surface area contributed by atoms with E-state index in [1.54, 1.807) is 17.0 Å². The summed E-state index contributed by atoms with van der Waals surface area (Å²) in [6.45, 7) is 0.600. The third-order valence-electron chi connectivity index (χ3n) is 3.53. The Morgan fingerprint density at radius 3 is 2.70 bits per heavy atom. The molecule has 0 spiro atoms. The van der Waals surface area contributed by atoms with Gasteiger partial charge in [0.15, 0.2) is 0 Å². The van der Waals surface area contributed by atoms with Crippen LogP contribution in [0.25, 0.3) is 0 Å². The third kappa shape index (κ3) is 1.95. The highest BCUT2D eigenvalue weighted by Gasteiger charge is 2.24. The van der Waals surface area contributed by atoms with Crippen molar-refractivity contribution in [1.29, 1.82) is 0 Å². The lowest BCUT2D eigenvalue weighted by Crippen LogP contribution is -2.15. The van der Waals surface area contributed by atoms with Crippen LogP contribution in [0.2, 0.25) is 0 Å². The van der Waals surface area contributed by atoms with Crippen LogP contribution in [0.1, 0.15) is 5.56 Å². The first-order valence-corrected chi connectivity index (χ1v) is 6.29. The van der Waals surface area contributed by atoms with Gasteiger partial charge in [-0.3, -0.25) is 0 Å². The number of hydrogen-bond donors (Lipinski definition) is 1. The number of ether oxygens (including phenoxy) is 1. The fourth-order valence-corrected chi connectivity index (χ4v) is 2.54. The normalized spacial score (nSPS) is 13.4. The SMILES string of the molecule is COc1cc(N2CCc3ccc(F)cc32)c(F)cc1N. The highest BCUT2D eigenvalue weighted by atomic mass is 19.1. The van der Waals surface area contributed by atoms with Gasteiger partial charge in [-0.15, -0.1) is 0 Å². The summed E-state index contributed by atoms with van der Waals surface area (Å²) >= 11 is 0. The first kappa shape index (κ1) is 12.7. The van der Waals surface area contributed by atoms with Crippen LogP contribution in [-0.4, -0.2) is 13.7 Å². The molecule has 0 saturated carbocycles. The van der Waals surface area contributed by atoms with Crippen molar-refractivity contribution in [3.05, 3.63) is 47.5 Å². The fourth-order valence-electron chi connectivity index (χ4n) is 2.54. The van der Waals surface area contributed by atoms with E-state index in [-0.39, 0.29) is 11.5 Å². The second kappa shape index (κ2) is 4.67. The highest BCUT2D eigenvalue weighted by Crippen LogP contribution is 2.39. The number of fused-ring (bicyclic) bond motifs is 1. The van der Waals surface area contributed by atoms with E-state index in [1.807, 2.05) is 0 Å². The summed E-state index contributed by atoms with van der Waals surface area (Å²) in [5, 5.41) is 0. The van der Waals surface area contributed by atoms with E-state index in [9.17, 15) is 8.78 Å². The predicted octanol–water partition coefficient (Wildman–Crippen LogP) is 3.25. The van der Waals surface area contributed by atoms with E-state index in [0.29, 0.717) is 23.7 Å². The van der Waals surface area contributed by atoms with Gasteiger partial charge in [0.25, 0.3) is 0 Å². The fraction of sp³-hybridized carbons (Fsp3) is 0.200. The van der Waals surface area contributed by atoms with Crippen LogP contribution in [0, 0.1) is 11.6 Å². The number of nitrogens with zero attached hydrogens (tertiary/aromatic N) is 1. The van der Waals surface area contributed by atoms with Crippen LogP contribution < -0.4 is 15.4 Å². The molecule has 0 atom stereocenters. The summed E-state index contributed by atoms with van der Waals surface area (Å²) in [5.74, 6) is -0.370. The lowest BCUT2D eigenvalue weighted by Gasteiger charge is -2.21. The average Bonchev–Trinajstić information content (AvgIpc) is 2.82. The maximum absolute atomic E-state index is 14.1. The lowest BCUT2D eigenvalue weighted by atomic mass is 10.1. The molecule has 0 aliphatic carbocycles. The van der Waals surface area contributed by atoms with Crippen molar-refractivity contribution in [1.82, 2.24) is 0 Å². The number of methoxy groups -OCH3 is 1. The molecule has 20 heavy (non-hydrogen) atoms. The van der Waals surface area contributed by atoms with Gasteiger partial charge < -0.3 is 15.4 Å². The maximum Gasteiger partial charge on any atom is 0.149 e. The first-order chi connectivity index (χ1) is 9.60. The molecule has 0 aromatic heterocycles. The van der Waals surface area contributed by atoms with Crippen LogP contribution >= 0.6 is 0 Å². The monoisotopic (exact) mass is 276 g/mol. The summed E-state index contributed by atoms with van der Waals surface area (Å²) in [5.41, 5.74) is 7.96. The van der Waals surface area contributed by atoms with Crippen LogP contribution in [0.4, 0.5) is 25.8 Å². The Hall–Kier alpha value is -2.30. The van der Waals surface area contributed by atoms with Gasteiger partial charge in [-0.05, 0) is 24.1 Å². The van der Waals surface area contributed by atoms with Crippen molar-refractivity contribution < 1.29 is 13.5 Å². The van der Waals surface area contributed by atoms with E-state index >= 15 is 0 Å². The second-order valence-corrected chi connectivity index (χ2v) is 4.72. The van der Waals surface area contributed by atoms with E-state index in [4.69, 9.17) is 10.5 Å². The standard InChI is InChI=1S/C15H14F2N2O/c1-20-15-8-14(11(17)7-12(15)18)19-5-4-9-2-3-10(16)6-13(9)19/h2-3,6-8H,4-5,18H2,1H3. The molecule has 0 unspecified atom stereocenters. The molecule has 0 fully saturated rings. The van der Waals surface area contributed by atoms with Gasteiger partial charge in [-0.2, -0.15) is 0 Å². The molecule has 5 heteroatoms. The van der Waals surface area contributed by atoms with E-state index < -0.39 is 5.82 Å². The van der Waals surface area contributed by atoms with Crippen molar-refractivity contribution in [2.24, 2.45) is 0 Å². The highest BCUT2D eigenvalue weighted by molar-refractivity contribution is 5.73. The number of rotatable bonds is 2. The molecule has 2 N–H and O–H groups in total. The Labute approximate surface area is 115 Å². The minimum atomic E-state index is -0.444. The van der Waals surface area contributed by atoms with Crippen molar-refractivity contribution >= 4 is 17.1 Å². The molecule has 1 aliphatic heterocycles. The van der Waals surface area contributed by atoms with Crippen molar-refractivity contribution in [2.45, 2.75) is 6.42 Å². The van der Waals surface area contributed by atoms with Gasteiger partial charge in [-0.25, -0.2) is 8.78 Å². The van der Waals surface area contributed by atoms with Gasteiger partial charge in [0.1, 0.15) is 17.4 Å². The minimum absolute atomic E-state index is 0.243. The number of halogens is 2. The molecule has 1 aliphatic rings. The Bertz CT molecular complexity index is 673. The molecule has 0 bridgehead atoms. The number of anilines is 3. The Morgan fingerprint density at radius 2 is 1.95 bits per heavy atom. The minimum Gasteiger partial charge on any atom is -0.495 e. The maximum atomic E-state index is 14.1. The van der Waals surface area contributed by atoms with Crippen LogP contribution in [0.3, 0.4) is 0 Å². The molecular weight excluding hydrogens is 262 g/mol. The lowest BCUT2D eigenvalue weighted by molar-refractivity contribution is 0.416. The topological polar surface area (TPSA) is 38.5 Å². The smallest absolute Gasteiger partial charge is 0.149 e. The average molecular weight is 276 g/mol. The second-order valence-electron chi connectivity index (χ2n) is 4.72. The molecule has 2 aromatic rings. The molecule has 0 saturated heterocycles. The number of nitrogen functional groups attached to an aromatic ring is 1. The summed E-state index contributed by atoms with van der Waals surface area (Å²) < 4.78 is 32.7. The molecular formula is C15H14F2N2O. The summed E-state index contributed by atoms with van der Waals surface area (Å²) in [7, 11) is 1.48. The van der Waals surface area contributed by atoms with Gasteiger partial charge in [0.2, 0.25) is 0 Å². The zero-order valence-electron chi connectivity index (χ0n) is 11.0. The molecule has 3 rings (SSSR count). The predicted molar refractivity (Wildman–Crippen MR) is 74.5 cm³/mol. The van der Waals surface area contributed by atoms with Crippen LogP contribution in [0.5, 0.6) is 5.75 Å². The number of nitrogens with two attached hydrogens (primary N) is 1. The van der Waals surface area contributed by atoms with Gasteiger partial charge in [0.05, 0.1) is 18.5 Å². The Kier molecular flexibility index (Phi) is 2.97. The molecule has 0 amide bonds. The van der Waals surface area contributed by atoms with Gasteiger partial charge in [-0.1, -0.05) is 6.07 Å². The number of hydrogen-bond acceptors (Lipinski definition) is 3. The van der Waals surface area contributed by atoms with Crippen LogP contribution in [0.15, 0.2) is 30.3 Å². The van der Waals surface area contributed by atoms with E-state index in [0.717, 1.165) is 12.0 Å². The van der Waals surface area contributed by atoms with Gasteiger partial charge in [0, 0.05) is 24.4 Å². The van der Waals surface area contributed by atoms with E-state index in [1.165, 1.54) is 25.3 Å². The molecule has 104 valence electrons. The number of benzene rings is 2. The summed E-state index contributed by atoms with van der Waals surface area (Å²) in [6.07, 6.45) is 0.752. The van der Waals surface area contributed by atoms with Crippen molar-refractivity contribution in [3.8, 4) is 5.75 Å². The molecule has 3 nitrogen and oxygen atoms in total. The van der Waals surface area contributed by atoms with Crippen molar-refractivity contribution in [2.75, 3.05) is 24.3 Å². The van der Waals surface area contributed by atoms with Crippen molar-refractivity contribution in [3.63, 3.8) is 0 Å². The van der Waals surface area contributed by atoms with Crippen LogP contribution in [-0.2, 0) is 6.42 Å². The molecule has 0 radical (unpaired) electrons. The summed E-state index contributed by atoms with van der Waals surface area (Å²) in [6, 6.07) is 7.35.